The Kier molecular flexibility index (Phi) is 1.54. The standard InChI is InChI=1S/C23H28/c1-2-9-5-8(1)12-7-13-17(14(9)12)21-18(13)22-19-15-10-3-4-11(6-10)16(15)20(19)23(21)22/h1-2,8-23H,3-7H2. The summed E-state index contributed by atoms with van der Waals surface area (Å²) in [6.07, 6.45) is 13.4. The molecule has 0 nitrogen and oxygen atoms in total. The lowest BCUT2D eigenvalue weighted by Crippen LogP contribution is -2.81. The maximum absolute atomic E-state index is 2.65. The number of allylic oxidation sites excluding steroid dienone is 2. The van der Waals surface area contributed by atoms with Crippen molar-refractivity contribution in [1.29, 1.82) is 0 Å². The number of hydrogen-bond acceptors (Lipinski definition) is 0. The fraction of sp³-hybridized carbons (Fsp3) is 0.913. The largest absolute Gasteiger partial charge is 0.0848 e. The monoisotopic (exact) mass is 304 g/mol. The molecule has 0 radical (unpaired) electrons. The Balaban J connectivity index is 1.08. The third-order valence-corrected chi connectivity index (χ3v) is 12.2. The molecule has 9 rings (SSSR count). The average Bonchev–Trinajstić information content (AvgIpc) is 3.27. The molecule has 0 aliphatic heterocycles. The van der Waals surface area contributed by atoms with Crippen LogP contribution in [0.3, 0.4) is 0 Å². The molecular weight excluding hydrogens is 276 g/mol. The van der Waals surface area contributed by atoms with Crippen LogP contribution in [0.15, 0.2) is 12.2 Å². The van der Waals surface area contributed by atoms with Gasteiger partial charge in [0.15, 0.2) is 0 Å². The van der Waals surface area contributed by atoms with Crippen molar-refractivity contribution >= 4 is 0 Å². The molecule has 0 heteroatoms. The van der Waals surface area contributed by atoms with Gasteiger partial charge in [0, 0.05) is 0 Å². The zero-order valence-electron chi connectivity index (χ0n) is 13.9. The minimum atomic E-state index is 1.03. The second kappa shape index (κ2) is 3.12. The van der Waals surface area contributed by atoms with Crippen molar-refractivity contribution in [3.8, 4) is 0 Å². The highest BCUT2D eigenvalue weighted by Crippen LogP contribution is 2.89. The van der Waals surface area contributed by atoms with Crippen molar-refractivity contribution in [2.45, 2.75) is 32.1 Å². The molecule has 0 aromatic rings. The zero-order valence-corrected chi connectivity index (χ0v) is 13.9. The van der Waals surface area contributed by atoms with Crippen LogP contribution < -0.4 is 0 Å². The van der Waals surface area contributed by atoms with Crippen LogP contribution in [-0.2, 0) is 0 Å². The summed E-state index contributed by atoms with van der Waals surface area (Å²) in [5.41, 5.74) is 0. The molecule has 4 bridgehead atoms. The van der Waals surface area contributed by atoms with E-state index < -0.39 is 0 Å². The summed E-state index contributed by atoms with van der Waals surface area (Å²) in [7, 11) is 0. The first-order valence-corrected chi connectivity index (χ1v) is 11.1. The predicted molar refractivity (Wildman–Crippen MR) is 88.1 cm³/mol. The maximum atomic E-state index is 2.65. The minimum absolute atomic E-state index is 1.03. The summed E-state index contributed by atoms with van der Waals surface area (Å²) in [6, 6.07) is 0. The summed E-state index contributed by atoms with van der Waals surface area (Å²) >= 11 is 0. The second-order valence-corrected chi connectivity index (χ2v) is 11.6. The van der Waals surface area contributed by atoms with E-state index in [1.54, 1.807) is 32.1 Å². The molecule has 16 unspecified atom stereocenters. The average molecular weight is 304 g/mol. The van der Waals surface area contributed by atoms with Crippen LogP contribution in [0, 0.1) is 94.7 Å². The van der Waals surface area contributed by atoms with Crippen LogP contribution >= 0.6 is 0 Å². The van der Waals surface area contributed by atoms with Crippen molar-refractivity contribution in [2.24, 2.45) is 94.7 Å². The van der Waals surface area contributed by atoms with Crippen LogP contribution in [0.5, 0.6) is 0 Å². The molecule has 120 valence electrons. The van der Waals surface area contributed by atoms with Crippen molar-refractivity contribution in [2.75, 3.05) is 0 Å². The topological polar surface area (TPSA) is 0 Å². The van der Waals surface area contributed by atoms with Gasteiger partial charge in [0.05, 0.1) is 0 Å². The van der Waals surface area contributed by atoms with Crippen LogP contribution in [-0.4, -0.2) is 0 Å². The number of rotatable bonds is 0. The third kappa shape index (κ3) is 0.887. The van der Waals surface area contributed by atoms with E-state index >= 15 is 0 Å². The molecular formula is C23H28. The lowest BCUT2D eigenvalue weighted by molar-refractivity contribution is -0.380. The second-order valence-electron chi connectivity index (χ2n) is 11.6. The molecule has 0 aromatic heterocycles. The first kappa shape index (κ1) is 11.4. The van der Waals surface area contributed by atoms with Crippen molar-refractivity contribution < 1.29 is 0 Å². The third-order valence-electron chi connectivity index (χ3n) is 12.2. The summed E-state index contributed by atoms with van der Waals surface area (Å²) in [5.74, 6) is 19.4. The highest BCUT2D eigenvalue weighted by Gasteiger charge is 2.85. The van der Waals surface area contributed by atoms with E-state index in [1.165, 1.54) is 76.9 Å². The maximum Gasteiger partial charge on any atom is -0.0194 e. The SMILES string of the molecule is C1=CC2CC1C1CC3C(C21)C1C3C2C3C4C5CCC(C5)C4C3C12. The van der Waals surface area contributed by atoms with Gasteiger partial charge in [-0.1, -0.05) is 12.2 Å². The molecule has 9 aliphatic rings. The summed E-state index contributed by atoms with van der Waals surface area (Å²) in [5, 5.41) is 0. The first-order chi connectivity index (χ1) is 11.4. The van der Waals surface area contributed by atoms with Crippen LogP contribution in [0.1, 0.15) is 32.1 Å². The zero-order chi connectivity index (χ0) is 14.2. The molecule has 0 aromatic carbocycles. The van der Waals surface area contributed by atoms with E-state index in [1.807, 2.05) is 0 Å². The van der Waals surface area contributed by atoms with Crippen LogP contribution in [0.25, 0.3) is 0 Å². The van der Waals surface area contributed by atoms with Gasteiger partial charge in [-0.25, -0.2) is 0 Å². The minimum Gasteiger partial charge on any atom is -0.0848 e. The van der Waals surface area contributed by atoms with Gasteiger partial charge in [-0.05, 0) is 127 Å². The van der Waals surface area contributed by atoms with Gasteiger partial charge in [-0.15, -0.1) is 0 Å². The van der Waals surface area contributed by atoms with Gasteiger partial charge in [-0.2, -0.15) is 0 Å². The van der Waals surface area contributed by atoms with Gasteiger partial charge in [0.25, 0.3) is 0 Å². The molecule has 0 amide bonds. The fourth-order valence-corrected chi connectivity index (χ4v) is 12.2. The summed E-state index contributed by atoms with van der Waals surface area (Å²) < 4.78 is 0. The Morgan fingerprint density at radius 2 is 1.04 bits per heavy atom. The van der Waals surface area contributed by atoms with E-state index in [0.29, 0.717) is 0 Å². The van der Waals surface area contributed by atoms with E-state index in [9.17, 15) is 0 Å². The van der Waals surface area contributed by atoms with Crippen molar-refractivity contribution in [3.63, 3.8) is 0 Å². The molecule has 0 heterocycles. The van der Waals surface area contributed by atoms with Gasteiger partial charge >= 0.3 is 0 Å². The smallest absolute Gasteiger partial charge is 0.0194 e. The highest BCUT2D eigenvalue weighted by molar-refractivity contribution is 5.33. The Labute approximate surface area is 139 Å². The van der Waals surface area contributed by atoms with Gasteiger partial charge in [-0.3, -0.25) is 0 Å². The van der Waals surface area contributed by atoms with Gasteiger partial charge in [0.1, 0.15) is 0 Å². The molecule has 0 N–H and O–H groups in total. The Bertz CT molecular complexity index is 676. The highest BCUT2D eigenvalue weighted by atomic mass is 14.9. The molecule has 0 saturated heterocycles. The summed E-state index contributed by atoms with van der Waals surface area (Å²) in [4.78, 5) is 0. The van der Waals surface area contributed by atoms with E-state index in [4.69, 9.17) is 0 Å². The molecule has 16 atom stereocenters. The predicted octanol–water partition coefficient (Wildman–Crippen LogP) is 4.47. The van der Waals surface area contributed by atoms with Crippen molar-refractivity contribution in [1.82, 2.24) is 0 Å². The quantitative estimate of drug-likeness (QED) is 0.457. The molecule has 23 heavy (non-hydrogen) atoms. The van der Waals surface area contributed by atoms with E-state index in [2.05, 4.69) is 12.2 Å². The van der Waals surface area contributed by atoms with Crippen LogP contribution in [0.2, 0.25) is 0 Å². The Morgan fingerprint density at radius 3 is 1.87 bits per heavy atom. The Morgan fingerprint density at radius 1 is 0.435 bits per heavy atom. The summed E-state index contributed by atoms with van der Waals surface area (Å²) in [6.45, 7) is 0. The molecule has 8 fully saturated rings. The van der Waals surface area contributed by atoms with Crippen LogP contribution in [0.4, 0.5) is 0 Å². The van der Waals surface area contributed by atoms with Gasteiger partial charge < -0.3 is 0 Å². The van der Waals surface area contributed by atoms with Crippen molar-refractivity contribution in [3.05, 3.63) is 12.2 Å². The number of hydrogen-bond donors (Lipinski definition) is 0. The molecule has 0 spiro atoms. The molecule has 9 aliphatic carbocycles. The lowest BCUT2D eigenvalue weighted by Gasteiger charge is -2.85. The lowest BCUT2D eigenvalue weighted by atomic mass is 9.20. The normalized spacial score (nSPS) is 81.7. The Hall–Kier alpha value is -0.260. The van der Waals surface area contributed by atoms with E-state index in [-0.39, 0.29) is 0 Å². The fourth-order valence-electron chi connectivity index (χ4n) is 12.2. The van der Waals surface area contributed by atoms with Gasteiger partial charge in [0.2, 0.25) is 0 Å². The molecule has 8 saturated carbocycles. The first-order valence-electron chi connectivity index (χ1n) is 11.1. The van der Waals surface area contributed by atoms with E-state index in [0.717, 1.165) is 17.8 Å². The number of fused-ring (bicyclic) bond motifs is 23.